The van der Waals surface area contributed by atoms with Crippen LogP contribution >= 0.6 is 0 Å². The number of rotatable bonds is 20. The van der Waals surface area contributed by atoms with E-state index in [0.29, 0.717) is 0 Å². The van der Waals surface area contributed by atoms with Gasteiger partial charge in [-0.15, -0.1) is 0 Å². The van der Waals surface area contributed by atoms with Crippen LogP contribution in [0.2, 0.25) is 23.1 Å². The highest BCUT2D eigenvalue weighted by Gasteiger charge is 2.35. The third kappa shape index (κ3) is 11.9. The van der Waals surface area contributed by atoms with Crippen molar-refractivity contribution in [3.05, 3.63) is 201 Å². The van der Waals surface area contributed by atoms with Crippen LogP contribution in [0.4, 0.5) is 0 Å². The zero-order chi connectivity index (χ0) is 47.2. The third-order valence-corrected chi connectivity index (χ3v) is 15.2. The summed E-state index contributed by atoms with van der Waals surface area (Å²) in [5.74, 6) is 11.3. The minimum Gasteiger partial charge on any atom is -0.642 e. The van der Waals surface area contributed by atoms with E-state index in [1.54, 1.807) is 0 Å². The summed E-state index contributed by atoms with van der Waals surface area (Å²) in [6, 6.07) is 53.6. The minimum atomic E-state index is -1.46. The minimum absolute atomic E-state index is 0.197. The van der Waals surface area contributed by atoms with Crippen molar-refractivity contribution in [2.45, 2.75) is 120 Å². The number of hydrogen-bond acceptors (Lipinski definition) is 4. The van der Waals surface area contributed by atoms with Crippen LogP contribution in [0.5, 0.6) is 11.5 Å². The van der Waals surface area contributed by atoms with Gasteiger partial charge in [0.05, 0.1) is 11.5 Å². The zero-order valence-electron chi connectivity index (χ0n) is 42.3. The molecule has 0 aliphatic carbocycles. The van der Waals surface area contributed by atoms with Gasteiger partial charge in [-0.3, -0.25) is 0 Å². The average Bonchev–Trinajstić information content (AvgIpc) is 3.28. The Balaban J connectivity index is 1.31. The first-order chi connectivity index (χ1) is 30.7. The Hall–Kier alpha value is -4.10. The summed E-state index contributed by atoms with van der Waals surface area (Å²) in [7, 11) is 4.56. The van der Waals surface area contributed by atoms with Gasteiger partial charge in [0.1, 0.15) is 0 Å². The molecule has 6 aromatic carbocycles. The molecule has 0 fully saturated rings. The van der Waals surface area contributed by atoms with Crippen LogP contribution in [0, 0.1) is 0 Å². The molecule has 0 radical (unpaired) electrons. The summed E-state index contributed by atoms with van der Waals surface area (Å²) in [6.45, 7) is 22.4. The predicted molar refractivity (Wildman–Crippen MR) is 281 cm³/mol. The van der Waals surface area contributed by atoms with E-state index in [4.69, 9.17) is 7.58 Å². The molecule has 65 heavy (non-hydrogen) atoms. The van der Waals surface area contributed by atoms with Gasteiger partial charge in [0.15, 0.2) is 0 Å². The lowest BCUT2D eigenvalue weighted by molar-refractivity contribution is 0.267. The van der Waals surface area contributed by atoms with Gasteiger partial charge in [-0.05, 0) is 67.0 Å². The molecule has 0 saturated heterocycles. The summed E-state index contributed by atoms with van der Waals surface area (Å²) in [5, 5.41) is 0. The van der Waals surface area contributed by atoms with Crippen molar-refractivity contribution >= 4 is 29.0 Å². The van der Waals surface area contributed by atoms with E-state index in [1.165, 1.54) is 55.6 Å². The average molecular weight is 899 g/mol. The predicted octanol–water partition coefficient (Wildman–Crippen LogP) is 14.2. The van der Waals surface area contributed by atoms with Crippen LogP contribution in [0.25, 0.3) is 0 Å². The molecule has 0 atom stereocenters. The van der Waals surface area contributed by atoms with Crippen LogP contribution in [-0.4, -0.2) is 65.9 Å². The molecular formula is C59H76Al2N2O2. The van der Waals surface area contributed by atoms with Crippen LogP contribution in [0.15, 0.2) is 146 Å². The third-order valence-electron chi connectivity index (χ3n) is 13.8. The van der Waals surface area contributed by atoms with E-state index in [1.807, 2.05) is 0 Å². The normalized spacial score (nSPS) is 12.4. The van der Waals surface area contributed by atoms with Gasteiger partial charge in [-0.25, -0.2) is 0 Å². The highest BCUT2D eigenvalue weighted by atomic mass is 27.2. The second kappa shape index (κ2) is 21.2. The fourth-order valence-corrected chi connectivity index (χ4v) is 10.9. The second-order valence-corrected chi connectivity index (χ2v) is 25.8. The Morgan fingerprint density at radius 2 is 0.662 bits per heavy atom. The van der Waals surface area contributed by atoms with E-state index in [0.717, 1.165) is 44.1 Å². The van der Waals surface area contributed by atoms with Crippen LogP contribution in [0.1, 0.15) is 117 Å². The topological polar surface area (TPSA) is 24.9 Å². The van der Waals surface area contributed by atoms with Crippen LogP contribution in [0.3, 0.4) is 0 Å². The van der Waals surface area contributed by atoms with Gasteiger partial charge < -0.3 is 17.4 Å². The van der Waals surface area contributed by atoms with Crippen LogP contribution in [-0.2, 0) is 34.7 Å². The highest BCUT2D eigenvalue weighted by Crippen LogP contribution is 2.46. The Morgan fingerprint density at radius 3 is 0.938 bits per heavy atom. The Bertz CT molecular complexity index is 2270. The lowest BCUT2D eigenvalue weighted by atomic mass is 9.72. The van der Waals surface area contributed by atoms with Crippen molar-refractivity contribution in [3.8, 4) is 11.5 Å². The van der Waals surface area contributed by atoms with Crippen molar-refractivity contribution in [2.24, 2.45) is 0 Å². The molecule has 0 unspecified atom stereocenters. The Kier molecular flexibility index (Phi) is 16.4. The molecule has 0 spiro atoms. The summed E-state index contributed by atoms with van der Waals surface area (Å²) in [5.41, 5.74) is 12.0. The number of nitrogens with zero attached hydrogens (tertiary/aromatic N) is 2. The molecule has 0 heterocycles. The lowest BCUT2D eigenvalue weighted by Gasteiger charge is -2.35. The fourth-order valence-electron chi connectivity index (χ4n) is 9.43. The standard InChI is InChI=1S/C55H66N2O2.4CH3.2Al/c1-52(2,42-24-15-11-16-25-42)46-34-40(50(58)48(36-46)54(5,6)44-28-19-13-20-29-44)38-56(9)32-23-33-57(10)39-41-35-47(53(3,4)43-26-17-12-18-27-43)37-49(51(41)59)55(7,8)45-30-21-14-22-31-45;;;;;;/h11-22,24-31,34-37,58-59H,23,32-33,38-39H2,1-10H3;4*1H3;;/q;;;;;2*+1/p-2. The van der Waals surface area contributed by atoms with Gasteiger partial charge in [-0.1, -0.05) is 224 Å². The largest absolute Gasteiger partial charge is 0.642 e. The highest BCUT2D eigenvalue weighted by molar-refractivity contribution is 6.49. The number of benzene rings is 6. The summed E-state index contributed by atoms with van der Waals surface area (Å²) in [6.07, 6.45) is 1.03. The molecule has 0 N–H and O–H groups in total. The lowest BCUT2D eigenvalue weighted by Crippen LogP contribution is -2.29. The van der Waals surface area contributed by atoms with E-state index >= 15 is 0 Å². The van der Waals surface area contributed by atoms with Crippen LogP contribution < -0.4 is 7.58 Å². The van der Waals surface area contributed by atoms with E-state index in [-0.39, 0.29) is 21.7 Å². The molecule has 6 aromatic rings. The first-order valence-corrected chi connectivity index (χ1v) is 29.6. The molecule has 6 heteroatoms. The quantitative estimate of drug-likeness (QED) is 0.0713. The first-order valence-electron chi connectivity index (χ1n) is 24.0. The maximum absolute atomic E-state index is 7.02. The Labute approximate surface area is 403 Å². The van der Waals surface area contributed by atoms with Gasteiger partial charge in [0.2, 0.25) is 0 Å². The molecule has 340 valence electrons. The zero-order valence-corrected chi connectivity index (χ0v) is 44.6. The van der Waals surface area contributed by atoms with Gasteiger partial charge in [0.25, 0.3) is 0 Å². The summed E-state index contributed by atoms with van der Waals surface area (Å²) in [4.78, 5) is 5.00. The van der Waals surface area contributed by atoms with E-state index < -0.39 is 29.0 Å². The molecule has 4 nitrogen and oxygen atoms in total. The maximum Gasteiger partial charge on any atom is 0.540 e. The smallest absolute Gasteiger partial charge is 0.540 e. The second-order valence-electron chi connectivity index (χ2n) is 21.2. The fraction of sp³-hybridized carbons (Fsp3) is 0.390. The first kappa shape index (κ1) is 50.3. The molecule has 6 rings (SSSR count). The van der Waals surface area contributed by atoms with Crippen molar-refractivity contribution in [1.82, 2.24) is 9.80 Å². The molecule has 0 aliphatic rings. The summed E-state index contributed by atoms with van der Waals surface area (Å²) < 4.78 is 14.0. The van der Waals surface area contributed by atoms with Crippen molar-refractivity contribution in [3.63, 3.8) is 0 Å². The molecular weight excluding hydrogens is 823 g/mol. The SMILES string of the molecule is CN(CCCN(C)Cc1cc(C(C)(C)c2ccccc2)cc(C(C)(C)c2ccccc2)c1[O][Al]([CH3])[CH3])Cc1cc(C(C)(C)c2ccccc2)cc(C(C)(C)c2ccccc2)c1[O][Al]([CH3])[CH3]. The molecule has 0 aromatic heterocycles. The van der Waals surface area contributed by atoms with Gasteiger partial charge in [0, 0.05) is 57.0 Å². The van der Waals surface area contributed by atoms with Gasteiger partial charge in [-0.2, -0.15) is 0 Å². The van der Waals surface area contributed by atoms with Crippen molar-refractivity contribution < 1.29 is 7.58 Å². The maximum atomic E-state index is 7.02. The van der Waals surface area contributed by atoms with Crippen molar-refractivity contribution in [2.75, 3.05) is 27.2 Å². The monoisotopic (exact) mass is 899 g/mol. The van der Waals surface area contributed by atoms with Gasteiger partial charge >= 0.3 is 29.0 Å². The van der Waals surface area contributed by atoms with E-state index in [2.05, 4.69) is 248 Å². The summed E-state index contributed by atoms with van der Waals surface area (Å²) >= 11 is -2.93. The molecule has 0 bridgehead atoms. The molecule has 0 amide bonds. The molecule has 0 aliphatic heterocycles. The Morgan fingerprint density at radius 1 is 0.385 bits per heavy atom. The van der Waals surface area contributed by atoms with E-state index in [9.17, 15) is 0 Å². The number of hydrogen-bond donors (Lipinski definition) is 0. The molecule has 0 saturated carbocycles. The van der Waals surface area contributed by atoms with Crippen molar-refractivity contribution in [1.29, 1.82) is 0 Å².